The Hall–Kier alpha value is -2.08. The summed E-state index contributed by atoms with van der Waals surface area (Å²) in [6.07, 6.45) is 1.07. The lowest BCUT2D eigenvalue weighted by Crippen LogP contribution is -2.40. The first-order valence-corrected chi connectivity index (χ1v) is 8.25. The molecule has 1 aromatic heterocycles. The molecule has 5 nitrogen and oxygen atoms in total. The molecule has 0 saturated heterocycles. The van der Waals surface area contributed by atoms with Gasteiger partial charge in [-0.15, -0.1) is 11.3 Å². The Labute approximate surface area is 135 Å². The van der Waals surface area contributed by atoms with Crippen LogP contribution in [0.4, 0.5) is 10.8 Å². The SMILES string of the molecule is CN=C(NCc1csc(N(C)C)n1)N1CCc2ccccc21. The molecule has 22 heavy (non-hydrogen) atoms. The highest BCUT2D eigenvalue weighted by molar-refractivity contribution is 7.13. The number of aliphatic imine (C=N–C) groups is 1. The van der Waals surface area contributed by atoms with Gasteiger partial charge in [0, 0.05) is 38.8 Å². The van der Waals surface area contributed by atoms with E-state index in [1.807, 2.05) is 26.0 Å². The zero-order valence-corrected chi connectivity index (χ0v) is 14.0. The Kier molecular flexibility index (Phi) is 4.29. The largest absolute Gasteiger partial charge is 0.354 e. The van der Waals surface area contributed by atoms with Crippen molar-refractivity contribution in [2.45, 2.75) is 13.0 Å². The second-order valence-electron chi connectivity index (χ2n) is 5.45. The van der Waals surface area contributed by atoms with E-state index < -0.39 is 0 Å². The number of aromatic nitrogens is 1. The molecule has 0 amide bonds. The minimum atomic E-state index is 0.690. The number of guanidine groups is 1. The van der Waals surface area contributed by atoms with Crippen LogP contribution in [0.25, 0.3) is 0 Å². The van der Waals surface area contributed by atoms with Gasteiger partial charge < -0.3 is 15.1 Å². The summed E-state index contributed by atoms with van der Waals surface area (Å²) in [5.74, 6) is 0.907. The van der Waals surface area contributed by atoms with Crippen LogP contribution in [0.3, 0.4) is 0 Å². The van der Waals surface area contributed by atoms with Gasteiger partial charge in [0.05, 0.1) is 12.2 Å². The molecule has 1 aromatic carbocycles. The number of thiazole rings is 1. The van der Waals surface area contributed by atoms with Gasteiger partial charge in [0.2, 0.25) is 0 Å². The van der Waals surface area contributed by atoms with E-state index in [4.69, 9.17) is 0 Å². The van der Waals surface area contributed by atoms with E-state index in [1.54, 1.807) is 11.3 Å². The zero-order chi connectivity index (χ0) is 15.5. The number of rotatable bonds is 3. The van der Waals surface area contributed by atoms with Crippen molar-refractivity contribution >= 4 is 28.1 Å². The number of nitrogens with zero attached hydrogens (tertiary/aromatic N) is 4. The Morgan fingerprint density at radius 2 is 2.23 bits per heavy atom. The van der Waals surface area contributed by atoms with E-state index >= 15 is 0 Å². The highest BCUT2D eigenvalue weighted by atomic mass is 32.1. The summed E-state index contributed by atoms with van der Waals surface area (Å²) in [5, 5.41) is 6.54. The maximum absolute atomic E-state index is 4.60. The summed E-state index contributed by atoms with van der Waals surface area (Å²) in [6, 6.07) is 8.51. The van der Waals surface area contributed by atoms with Crippen molar-refractivity contribution in [2.24, 2.45) is 4.99 Å². The molecule has 6 heteroatoms. The number of para-hydroxylation sites is 1. The molecular formula is C16H21N5S. The van der Waals surface area contributed by atoms with Gasteiger partial charge in [0.1, 0.15) is 0 Å². The molecule has 0 fully saturated rings. The molecule has 2 heterocycles. The third kappa shape index (κ3) is 2.92. The number of nitrogens with one attached hydrogen (secondary N) is 1. The van der Waals surface area contributed by atoms with E-state index in [1.165, 1.54) is 11.3 Å². The lowest BCUT2D eigenvalue weighted by Gasteiger charge is -2.22. The fraction of sp³-hybridized carbons (Fsp3) is 0.375. The number of fused-ring (bicyclic) bond motifs is 1. The minimum absolute atomic E-state index is 0.690. The Morgan fingerprint density at radius 3 is 2.95 bits per heavy atom. The fourth-order valence-electron chi connectivity index (χ4n) is 2.61. The predicted octanol–water partition coefficient (Wildman–Crippen LogP) is 2.35. The first-order valence-electron chi connectivity index (χ1n) is 7.37. The monoisotopic (exact) mass is 315 g/mol. The second kappa shape index (κ2) is 6.36. The smallest absolute Gasteiger partial charge is 0.198 e. The summed E-state index contributed by atoms with van der Waals surface area (Å²) in [5.41, 5.74) is 3.68. The van der Waals surface area contributed by atoms with Crippen molar-refractivity contribution < 1.29 is 0 Å². The zero-order valence-electron chi connectivity index (χ0n) is 13.2. The number of benzene rings is 1. The summed E-state index contributed by atoms with van der Waals surface area (Å²) in [7, 11) is 5.85. The molecule has 3 rings (SSSR count). The van der Waals surface area contributed by atoms with E-state index in [0.29, 0.717) is 6.54 Å². The number of anilines is 2. The maximum Gasteiger partial charge on any atom is 0.198 e. The lowest BCUT2D eigenvalue weighted by molar-refractivity contribution is 0.845. The molecule has 0 unspecified atom stereocenters. The highest BCUT2D eigenvalue weighted by Crippen LogP contribution is 2.27. The first kappa shape index (κ1) is 14.8. The highest BCUT2D eigenvalue weighted by Gasteiger charge is 2.22. The third-order valence-corrected chi connectivity index (χ3v) is 4.76. The van der Waals surface area contributed by atoms with E-state index in [-0.39, 0.29) is 0 Å². The molecule has 0 radical (unpaired) electrons. The van der Waals surface area contributed by atoms with Gasteiger partial charge in [-0.1, -0.05) is 18.2 Å². The van der Waals surface area contributed by atoms with Crippen molar-refractivity contribution in [3.8, 4) is 0 Å². The molecular weight excluding hydrogens is 294 g/mol. The molecule has 0 saturated carbocycles. The van der Waals surface area contributed by atoms with E-state index in [2.05, 4.69) is 49.8 Å². The van der Waals surface area contributed by atoms with Gasteiger partial charge in [-0.2, -0.15) is 0 Å². The van der Waals surface area contributed by atoms with Gasteiger partial charge in [0.15, 0.2) is 11.1 Å². The number of hydrogen-bond donors (Lipinski definition) is 1. The summed E-state index contributed by atoms with van der Waals surface area (Å²) in [4.78, 5) is 13.3. The van der Waals surface area contributed by atoms with E-state index in [0.717, 1.165) is 29.8 Å². The first-order chi connectivity index (χ1) is 10.7. The summed E-state index contributed by atoms with van der Waals surface area (Å²) < 4.78 is 0. The minimum Gasteiger partial charge on any atom is -0.354 e. The summed E-state index contributed by atoms with van der Waals surface area (Å²) >= 11 is 1.66. The van der Waals surface area contributed by atoms with Crippen LogP contribution in [0.1, 0.15) is 11.3 Å². The van der Waals surface area contributed by atoms with Crippen LogP contribution < -0.4 is 15.1 Å². The van der Waals surface area contributed by atoms with Gasteiger partial charge in [0.25, 0.3) is 0 Å². The predicted molar refractivity (Wildman–Crippen MR) is 94.1 cm³/mol. The summed E-state index contributed by atoms with van der Waals surface area (Å²) in [6.45, 7) is 1.66. The van der Waals surface area contributed by atoms with Crippen molar-refractivity contribution in [1.82, 2.24) is 10.3 Å². The standard InChI is InChI=1S/C16H21N5S/c1-17-15(18-10-13-11-22-16(19-13)20(2)3)21-9-8-12-6-4-5-7-14(12)21/h4-7,11H,8-10H2,1-3H3,(H,17,18). The van der Waals surface area contributed by atoms with Crippen molar-refractivity contribution in [2.75, 3.05) is 37.5 Å². The molecule has 116 valence electrons. The number of hydrogen-bond acceptors (Lipinski definition) is 4. The molecule has 0 atom stereocenters. The van der Waals surface area contributed by atoms with Crippen molar-refractivity contribution in [1.29, 1.82) is 0 Å². The Morgan fingerprint density at radius 1 is 1.41 bits per heavy atom. The van der Waals surface area contributed by atoms with Crippen LogP contribution in [-0.2, 0) is 13.0 Å². The van der Waals surface area contributed by atoms with Crippen LogP contribution in [-0.4, -0.2) is 38.6 Å². The van der Waals surface area contributed by atoms with Crippen molar-refractivity contribution in [3.63, 3.8) is 0 Å². The molecule has 0 spiro atoms. The molecule has 1 aliphatic heterocycles. The van der Waals surface area contributed by atoms with Gasteiger partial charge in [-0.25, -0.2) is 4.98 Å². The molecule has 1 aliphatic rings. The second-order valence-corrected chi connectivity index (χ2v) is 6.28. The van der Waals surface area contributed by atoms with Crippen LogP contribution in [0.15, 0.2) is 34.6 Å². The maximum atomic E-state index is 4.60. The Bertz CT molecular complexity index is 677. The Balaban J connectivity index is 1.68. The normalized spacial score (nSPS) is 14.1. The van der Waals surface area contributed by atoms with Gasteiger partial charge in [-0.05, 0) is 18.1 Å². The molecule has 0 aliphatic carbocycles. The molecule has 0 bridgehead atoms. The average molecular weight is 315 g/mol. The van der Waals surface area contributed by atoms with Crippen molar-refractivity contribution in [3.05, 3.63) is 40.9 Å². The van der Waals surface area contributed by atoms with Crippen LogP contribution >= 0.6 is 11.3 Å². The van der Waals surface area contributed by atoms with Crippen LogP contribution in [0, 0.1) is 0 Å². The average Bonchev–Trinajstić information content (AvgIpc) is 3.15. The quantitative estimate of drug-likeness (QED) is 0.697. The van der Waals surface area contributed by atoms with E-state index in [9.17, 15) is 0 Å². The molecule has 2 aromatic rings. The topological polar surface area (TPSA) is 43.8 Å². The fourth-order valence-corrected chi connectivity index (χ4v) is 3.36. The van der Waals surface area contributed by atoms with Gasteiger partial charge in [-0.3, -0.25) is 4.99 Å². The van der Waals surface area contributed by atoms with Crippen LogP contribution in [0.5, 0.6) is 0 Å². The molecule has 1 N–H and O–H groups in total. The van der Waals surface area contributed by atoms with Gasteiger partial charge >= 0.3 is 0 Å². The van der Waals surface area contributed by atoms with Crippen LogP contribution in [0.2, 0.25) is 0 Å². The third-order valence-electron chi connectivity index (χ3n) is 3.70. The lowest BCUT2D eigenvalue weighted by atomic mass is 10.2.